The summed E-state index contributed by atoms with van der Waals surface area (Å²) in [5.41, 5.74) is 4.76. The highest BCUT2D eigenvalue weighted by molar-refractivity contribution is 7.99. The zero-order chi connectivity index (χ0) is 25.9. The summed E-state index contributed by atoms with van der Waals surface area (Å²) in [6.45, 7) is 5.90. The van der Waals surface area contributed by atoms with E-state index < -0.39 is 0 Å². The van der Waals surface area contributed by atoms with Crippen molar-refractivity contribution in [1.29, 1.82) is 0 Å². The van der Waals surface area contributed by atoms with E-state index in [9.17, 15) is 4.79 Å². The van der Waals surface area contributed by atoms with E-state index in [1.54, 1.807) is 18.0 Å². The smallest absolute Gasteiger partial charge is 0.224 e. The summed E-state index contributed by atoms with van der Waals surface area (Å²) >= 11 is 7.42. The molecule has 2 aromatic heterocycles. The van der Waals surface area contributed by atoms with E-state index in [1.165, 1.54) is 5.56 Å². The Morgan fingerprint density at radius 2 is 1.92 bits per heavy atom. The van der Waals surface area contributed by atoms with Crippen LogP contribution in [0.4, 0.5) is 11.4 Å². The number of thiocarbonyl (C=S) groups is 1. The predicted octanol–water partition coefficient (Wildman–Crippen LogP) is 6.97. The zero-order valence-electron chi connectivity index (χ0n) is 20.9. The van der Waals surface area contributed by atoms with Crippen molar-refractivity contribution >= 4 is 46.4 Å². The van der Waals surface area contributed by atoms with E-state index in [0.717, 1.165) is 38.4 Å². The molecule has 2 N–H and O–H groups in total. The summed E-state index contributed by atoms with van der Waals surface area (Å²) in [5.74, 6) is 0.773. The molecule has 5 rings (SSSR count). The van der Waals surface area contributed by atoms with E-state index in [1.807, 2.05) is 62.4 Å². The first-order valence-corrected chi connectivity index (χ1v) is 13.4. The maximum atomic E-state index is 11.9. The number of hydrogen-bond donors (Lipinski definition) is 2. The van der Waals surface area contributed by atoms with Crippen LogP contribution in [0.1, 0.15) is 48.0 Å². The third-order valence-corrected chi connectivity index (χ3v) is 7.56. The molecule has 3 heterocycles. The van der Waals surface area contributed by atoms with Gasteiger partial charge in [0.1, 0.15) is 11.8 Å². The molecular formula is C29H28N4O2S2. The first-order chi connectivity index (χ1) is 17.9. The number of amides is 1. The lowest BCUT2D eigenvalue weighted by atomic mass is 10.0. The normalized spacial score (nSPS) is 17.1. The van der Waals surface area contributed by atoms with Crippen molar-refractivity contribution in [2.45, 2.75) is 49.3 Å². The second kappa shape index (κ2) is 10.8. The number of nitrogens with zero attached hydrogens (tertiary/aromatic N) is 2. The van der Waals surface area contributed by atoms with Gasteiger partial charge < -0.3 is 20.0 Å². The van der Waals surface area contributed by atoms with Crippen molar-refractivity contribution < 1.29 is 9.21 Å². The lowest BCUT2D eigenvalue weighted by Crippen LogP contribution is -2.29. The summed E-state index contributed by atoms with van der Waals surface area (Å²) in [7, 11) is 0. The van der Waals surface area contributed by atoms with Gasteiger partial charge in [0.25, 0.3) is 0 Å². The number of anilines is 2. The van der Waals surface area contributed by atoms with Crippen molar-refractivity contribution in [1.82, 2.24) is 10.3 Å². The zero-order valence-corrected chi connectivity index (χ0v) is 22.5. The standard InChI is InChI=1S/C29H28N4O2S2/c1-4-25(34)31-22-13-10-20(17-19(22)3)33-28(27(32-29(33)36)23-7-5-6-16-30-23)24-14-15-26(35-24)37-21-11-8-18(2)9-12-21/h5-17,27-28H,4H2,1-3H3,(H,31,34)(H,32,36)/t27-,28-/m1/s1. The van der Waals surface area contributed by atoms with E-state index >= 15 is 0 Å². The fraction of sp³-hybridized carbons (Fsp3) is 0.207. The molecule has 1 saturated heterocycles. The number of carbonyl (C=O) groups excluding carboxylic acids is 1. The molecule has 37 heavy (non-hydrogen) atoms. The van der Waals surface area contributed by atoms with Crippen LogP contribution in [0.2, 0.25) is 0 Å². The topological polar surface area (TPSA) is 70.4 Å². The second-order valence-corrected chi connectivity index (χ2v) is 10.4. The van der Waals surface area contributed by atoms with Gasteiger partial charge in [-0.15, -0.1) is 0 Å². The SMILES string of the molecule is CCC(=O)Nc1ccc(N2C(=S)N[C@H](c3ccccn3)[C@H]2c2ccc(Sc3ccc(C)cc3)o2)cc1C. The van der Waals surface area contributed by atoms with Gasteiger partial charge in [-0.3, -0.25) is 9.78 Å². The van der Waals surface area contributed by atoms with Gasteiger partial charge in [0.15, 0.2) is 10.2 Å². The summed E-state index contributed by atoms with van der Waals surface area (Å²) in [6, 6.07) is 23.8. The molecule has 2 atom stereocenters. The van der Waals surface area contributed by atoms with Crippen molar-refractivity contribution in [2.24, 2.45) is 0 Å². The average Bonchev–Trinajstić information content (AvgIpc) is 3.51. The number of rotatable bonds is 7. The molecule has 0 spiro atoms. The Labute approximate surface area is 226 Å². The van der Waals surface area contributed by atoms with E-state index in [0.29, 0.717) is 11.5 Å². The lowest BCUT2D eigenvalue weighted by Gasteiger charge is -2.26. The molecule has 4 aromatic rings. The number of aromatic nitrogens is 1. The Kier molecular flexibility index (Phi) is 7.30. The first kappa shape index (κ1) is 25.0. The summed E-state index contributed by atoms with van der Waals surface area (Å²) in [6.07, 6.45) is 2.21. The second-order valence-electron chi connectivity index (χ2n) is 8.97. The molecule has 0 radical (unpaired) electrons. The van der Waals surface area contributed by atoms with Gasteiger partial charge >= 0.3 is 0 Å². The van der Waals surface area contributed by atoms with Gasteiger partial charge in [-0.05, 0) is 86.2 Å². The molecule has 0 bridgehead atoms. The van der Waals surface area contributed by atoms with E-state index in [2.05, 4.69) is 51.7 Å². The Morgan fingerprint density at radius 3 is 2.62 bits per heavy atom. The van der Waals surface area contributed by atoms with Crippen LogP contribution >= 0.6 is 24.0 Å². The number of hydrogen-bond acceptors (Lipinski definition) is 5. The van der Waals surface area contributed by atoms with Crippen molar-refractivity contribution in [2.75, 3.05) is 10.2 Å². The molecule has 1 aliphatic heterocycles. The summed E-state index contributed by atoms with van der Waals surface area (Å²) in [5, 5.41) is 7.83. The fourth-order valence-corrected chi connectivity index (χ4v) is 5.49. The summed E-state index contributed by atoms with van der Waals surface area (Å²) < 4.78 is 6.41. The highest BCUT2D eigenvalue weighted by Gasteiger charge is 2.42. The van der Waals surface area contributed by atoms with Crippen molar-refractivity contribution in [3.63, 3.8) is 0 Å². The van der Waals surface area contributed by atoms with Crippen LogP contribution in [0.15, 0.2) is 93.4 Å². The van der Waals surface area contributed by atoms with Gasteiger partial charge in [0.2, 0.25) is 5.91 Å². The molecule has 1 aliphatic rings. The molecule has 1 fully saturated rings. The number of aryl methyl sites for hydroxylation is 2. The largest absolute Gasteiger partial charge is 0.452 e. The highest BCUT2D eigenvalue weighted by atomic mass is 32.2. The number of furan rings is 1. The fourth-order valence-electron chi connectivity index (χ4n) is 4.37. The minimum atomic E-state index is -0.245. The van der Waals surface area contributed by atoms with Crippen LogP contribution in [0, 0.1) is 13.8 Å². The van der Waals surface area contributed by atoms with Gasteiger partial charge in [-0.2, -0.15) is 0 Å². The first-order valence-electron chi connectivity index (χ1n) is 12.2. The van der Waals surface area contributed by atoms with Crippen molar-refractivity contribution in [3.8, 4) is 0 Å². The van der Waals surface area contributed by atoms with Gasteiger partial charge in [0, 0.05) is 28.9 Å². The minimum absolute atomic E-state index is 0.0171. The van der Waals surface area contributed by atoms with Crippen LogP contribution in [0.5, 0.6) is 0 Å². The Bertz CT molecular complexity index is 1420. The lowest BCUT2D eigenvalue weighted by molar-refractivity contribution is -0.115. The van der Waals surface area contributed by atoms with Crippen LogP contribution in [-0.2, 0) is 4.79 Å². The highest BCUT2D eigenvalue weighted by Crippen LogP contribution is 2.44. The maximum absolute atomic E-state index is 11.9. The molecular weight excluding hydrogens is 500 g/mol. The van der Waals surface area contributed by atoms with Crippen LogP contribution in [-0.4, -0.2) is 16.0 Å². The Morgan fingerprint density at radius 1 is 1.11 bits per heavy atom. The monoisotopic (exact) mass is 528 g/mol. The van der Waals surface area contributed by atoms with Crippen LogP contribution in [0.3, 0.4) is 0 Å². The number of benzene rings is 2. The van der Waals surface area contributed by atoms with Gasteiger partial charge in [0.05, 0.1) is 11.7 Å². The van der Waals surface area contributed by atoms with Crippen LogP contribution < -0.4 is 15.5 Å². The van der Waals surface area contributed by atoms with Crippen LogP contribution in [0.25, 0.3) is 0 Å². The predicted molar refractivity (Wildman–Crippen MR) is 152 cm³/mol. The minimum Gasteiger partial charge on any atom is -0.452 e. The Balaban J connectivity index is 1.50. The maximum Gasteiger partial charge on any atom is 0.224 e. The number of carbonyl (C=O) groups is 1. The van der Waals surface area contributed by atoms with E-state index in [-0.39, 0.29) is 18.0 Å². The van der Waals surface area contributed by atoms with E-state index in [4.69, 9.17) is 16.6 Å². The third kappa shape index (κ3) is 5.40. The molecule has 6 nitrogen and oxygen atoms in total. The average molecular weight is 529 g/mol. The number of nitrogens with one attached hydrogen (secondary N) is 2. The molecule has 188 valence electrons. The van der Waals surface area contributed by atoms with Gasteiger partial charge in [-0.1, -0.05) is 42.4 Å². The molecule has 2 aromatic carbocycles. The quantitative estimate of drug-likeness (QED) is 0.251. The summed E-state index contributed by atoms with van der Waals surface area (Å²) in [4.78, 5) is 19.7. The molecule has 8 heteroatoms. The molecule has 0 aliphatic carbocycles. The Hall–Kier alpha value is -3.62. The third-order valence-electron chi connectivity index (χ3n) is 6.31. The molecule has 0 saturated carbocycles. The van der Waals surface area contributed by atoms with Crippen molar-refractivity contribution in [3.05, 3.63) is 102 Å². The molecule has 1 amide bonds. The molecule has 0 unspecified atom stereocenters. The number of pyridine rings is 1. The van der Waals surface area contributed by atoms with Gasteiger partial charge in [-0.25, -0.2) is 0 Å².